The van der Waals surface area contributed by atoms with Crippen LogP contribution >= 0.6 is 0 Å². The van der Waals surface area contributed by atoms with Crippen LogP contribution in [0, 0.1) is 13.8 Å². The van der Waals surface area contributed by atoms with Crippen molar-refractivity contribution in [3.63, 3.8) is 0 Å². The molecule has 2 heterocycles. The second-order valence-corrected chi connectivity index (χ2v) is 5.77. The number of benzene rings is 1. The van der Waals surface area contributed by atoms with Crippen LogP contribution in [0.25, 0.3) is 10.9 Å². The van der Waals surface area contributed by atoms with E-state index in [1.165, 1.54) is 11.3 Å². The zero-order chi connectivity index (χ0) is 16.4. The highest BCUT2D eigenvalue weighted by molar-refractivity contribution is 5.99. The molecule has 0 radical (unpaired) electrons. The van der Waals surface area contributed by atoms with Gasteiger partial charge in [0.25, 0.3) is 5.91 Å². The van der Waals surface area contributed by atoms with E-state index in [2.05, 4.69) is 29.1 Å². The van der Waals surface area contributed by atoms with Crippen LogP contribution in [0.15, 0.2) is 30.6 Å². The Kier molecular flexibility index (Phi) is 4.19. The lowest BCUT2D eigenvalue weighted by Gasteiger charge is -2.07. The van der Waals surface area contributed by atoms with Crippen molar-refractivity contribution < 1.29 is 4.79 Å². The van der Waals surface area contributed by atoms with E-state index in [1.807, 2.05) is 35.9 Å². The second kappa shape index (κ2) is 6.28. The molecular formula is C18H22N4O. The lowest BCUT2D eigenvalue weighted by Crippen LogP contribution is -2.27. The number of hydrogen-bond donors (Lipinski definition) is 2. The number of nitrogens with one attached hydrogen (secondary N) is 2. The van der Waals surface area contributed by atoms with Gasteiger partial charge in [0.2, 0.25) is 0 Å². The van der Waals surface area contributed by atoms with Crippen molar-refractivity contribution in [1.82, 2.24) is 19.9 Å². The number of aromatic nitrogens is 3. The molecule has 120 valence electrons. The molecule has 5 nitrogen and oxygen atoms in total. The van der Waals surface area contributed by atoms with Crippen LogP contribution < -0.4 is 5.32 Å². The Hall–Kier alpha value is -2.56. The standard InChI is InChI=1S/C18H22N4O/c1-4-16-12(2)15-11-14(5-6-17(15)21-16)18(23)20-8-10-22-9-7-19-13(22)3/h5-7,9,11,21H,4,8,10H2,1-3H3,(H,20,23). The van der Waals surface area contributed by atoms with Gasteiger partial charge in [0.1, 0.15) is 5.82 Å². The number of carbonyl (C=O) groups is 1. The van der Waals surface area contributed by atoms with E-state index in [9.17, 15) is 4.79 Å². The summed E-state index contributed by atoms with van der Waals surface area (Å²) >= 11 is 0. The van der Waals surface area contributed by atoms with E-state index in [0.29, 0.717) is 12.1 Å². The van der Waals surface area contributed by atoms with E-state index < -0.39 is 0 Å². The molecule has 1 amide bonds. The number of aromatic amines is 1. The highest BCUT2D eigenvalue weighted by atomic mass is 16.1. The first-order valence-electron chi connectivity index (χ1n) is 7.97. The van der Waals surface area contributed by atoms with Crippen LogP contribution in [0.3, 0.4) is 0 Å². The van der Waals surface area contributed by atoms with Crippen molar-refractivity contribution in [3.8, 4) is 0 Å². The summed E-state index contributed by atoms with van der Waals surface area (Å²) in [6, 6.07) is 5.82. The van der Waals surface area contributed by atoms with Crippen molar-refractivity contribution in [1.29, 1.82) is 0 Å². The summed E-state index contributed by atoms with van der Waals surface area (Å²) in [5.74, 6) is 0.916. The summed E-state index contributed by atoms with van der Waals surface area (Å²) in [5.41, 5.74) is 4.24. The summed E-state index contributed by atoms with van der Waals surface area (Å²) in [4.78, 5) is 19.9. The summed E-state index contributed by atoms with van der Waals surface area (Å²) in [6.07, 6.45) is 4.65. The SMILES string of the molecule is CCc1[nH]c2ccc(C(=O)NCCn3ccnc3C)cc2c1C. The third-order valence-corrected chi connectivity index (χ3v) is 4.34. The molecule has 3 aromatic rings. The van der Waals surface area contributed by atoms with Gasteiger partial charge in [-0.3, -0.25) is 4.79 Å². The van der Waals surface area contributed by atoms with Gasteiger partial charge in [0.15, 0.2) is 0 Å². The minimum Gasteiger partial charge on any atom is -0.358 e. The molecular weight excluding hydrogens is 288 g/mol. The zero-order valence-corrected chi connectivity index (χ0v) is 13.8. The fourth-order valence-electron chi connectivity index (χ4n) is 2.91. The number of fused-ring (bicyclic) bond motifs is 1. The monoisotopic (exact) mass is 310 g/mol. The summed E-state index contributed by atoms with van der Waals surface area (Å²) in [5, 5.41) is 4.10. The summed E-state index contributed by atoms with van der Waals surface area (Å²) < 4.78 is 2.02. The van der Waals surface area contributed by atoms with Crippen molar-refractivity contribution in [2.75, 3.05) is 6.54 Å². The molecule has 0 aliphatic heterocycles. The van der Waals surface area contributed by atoms with Crippen LogP contribution in [0.2, 0.25) is 0 Å². The Balaban J connectivity index is 1.70. The Labute approximate surface area is 135 Å². The molecule has 23 heavy (non-hydrogen) atoms. The first-order valence-corrected chi connectivity index (χ1v) is 7.97. The molecule has 2 aromatic heterocycles. The lowest BCUT2D eigenvalue weighted by molar-refractivity contribution is 0.0952. The third-order valence-electron chi connectivity index (χ3n) is 4.34. The fraction of sp³-hybridized carbons (Fsp3) is 0.333. The molecule has 0 spiro atoms. The number of nitrogens with zero attached hydrogens (tertiary/aromatic N) is 2. The number of carbonyl (C=O) groups excluding carboxylic acids is 1. The van der Waals surface area contributed by atoms with Crippen LogP contribution in [0.1, 0.15) is 34.4 Å². The number of rotatable bonds is 5. The van der Waals surface area contributed by atoms with Gasteiger partial charge in [-0.05, 0) is 44.0 Å². The van der Waals surface area contributed by atoms with Gasteiger partial charge in [0.05, 0.1) is 0 Å². The molecule has 0 saturated heterocycles. The largest absolute Gasteiger partial charge is 0.358 e. The Bertz CT molecular complexity index is 844. The van der Waals surface area contributed by atoms with Crippen LogP contribution in [-0.2, 0) is 13.0 Å². The predicted octanol–water partition coefficient (Wildman–Crippen LogP) is 2.97. The molecule has 1 aromatic carbocycles. The zero-order valence-electron chi connectivity index (χ0n) is 13.8. The minimum atomic E-state index is -0.0386. The van der Waals surface area contributed by atoms with Crippen molar-refractivity contribution in [2.45, 2.75) is 33.7 Å². The smallest absolute Gasteiger partial charge is 0.251 e. The van der Waals surface area contributed by atoms with E-state index in [0.717, 1.165) is 29.7 Å². The normalized spacial score (nSPS) is 11.1. The number of hydrogen-bond acceptors (Lipinski definition) is 2. The second-order valence-electron chi connectivity index (χ2n) is 5.77. The van der Waals surface area contributed by atoms with Crippen LogP contribution in [0.4, 0.5) is 0 Å². The third kappa shape index (κ3) is 2.99. The maximum absolute atomic E-state index is 12.3. The van der Waals surface area contributed by atoms with Gasteiger partial charge < -0.3 is 14.9 Å². The van der Waals surface area contributed by atoms with E-state index in [-0.39, 0.29) is 5.91 Å². The average molecular weight is 310 g/mol. The molecule has 0 aliphatic carbocycles. The van der Waals surface area contributed by atoms with Gasteiger partial charge >= 0.3 is 0 Å². The molecule has 0 aliphatic rings. The maximum atomic E-state index is 12.3. The molecule has 2 N–H and O–H groups in total. The van der Waals surface area contributed by atoms with Gasteiger partial charge in [-0.1, -0.05) is 6.92 Å². The van der Waals surface area contributed by atoms with Crippen molar-refractivity contribution >= 4 is 16.8 Å². The minimum absolute atomic E-state index is 0.0386. The summed E-state index contributed by atoms with van der Waals surface area (Å²) in [7, 11) is 0. The molecule has 0 unspecified atom stereocenters. The number of amides is 1. The first-order chi connectivity index (χ1) is 11.1. The van der Waals surface area contributed by atoms with Crippen molar-refractivity contribution in [3.05, 3.63) is 53.2 Å². The number of imidazole rings is 1. The van der Waals surface area contributed by atoms with Crippen molar-refractivity contribution in [2.24, 2.45) is 0 Å². The van der Waals surface area contributed by atoms with Gasteiger partial charge in [-0.25, -0.2) is 4.98 Å². The Morgan fingerprint density at radius 1 is 1.35 bits per heavy atom. The average Bonchev–Trinajstić information content (AvgIpc) is 3.10. The topological polar surface area (TPSA) is 62.7 Å². The highest BCUT2D eigenvalue weighted by Crippen LogP contribution is 2.23. The number of H-pyrrole nitrogens is 1. The van der Waals surface area contributed by atoms with Crippen LogP contribution in [0.5, 0.6) is 0 Å². The predicted molar refractivity (Wildman–Crippen MR) is 91.7 cm³/mol. The first kappa shape index (κ1) is 15.3. The van der Waals surface area contributed by atoms with Gasteiger partial charge in [0, 0.05) is 47.6 Å². The number of aryl methyl sites for hydroxylation is 3. The molecule has 3 rings (SSSR count). The van der Waals surface area contributed by atoms with Gasteiger partial charge in [-0.2, -0.15) is 0 Å². The molecule has 0 fully saturated rings. The van der Waals surface area contributed by atoms with Crippen LogP contribution in [-0.4, -0.2) is 27.0 Å². The molecule has 5 heteroatoms. The molecule has 0 bridgehead atoms. The van der Waals surface area contributed by atoms with Gasteiger partial charge in [-0.15, -0.1) is 0 Å². The molecule has 0 atom stereocenters. The van der Waals surface area contributed by atoms with E-state index in [4.69, 9.17) is 0 Å². The highest BCUT2D eigenvalue weighted by Gasteiger charge is 2.10. The Morgan fingerprint density at radius 2 is 2.17 bits per heavy atom. The van der Waals surface area contributed by atoms with E-state index >= 15 is 0 Å². The lowest BCUT2D eigenvalue weighted by atomic mass is 10.1. The maximum Gasteiger partial charge on any atom is 0.251 e. The molecule has 0 saturated carbocycles. The fourth-order valence-corrected chi connectivity index (χ4v) is 2.91. The quantitative estimate of drug-likeness (QED) is 0.761. The van der Waals surface area contributed by atoms with E-state index in [1.54, 1.807) is 6.20 Å². The Morgan fingerprint density at radius 3 is 2.87 bits per heavy atom. The summed E-state index contributed by atoms with van der Waals surface area (Å²) in [6.45, 7) is 7.49.